The van der Waals surface area contributed by atoms with E-state index in [0.717, 1.165) is 23.3 Å². The SMILES string of the molecule is C=C(CCO[C@H](CC)CC1=C(c2c(F)cc(C(=O)C(=C)CCC#N)cc2F)N=C2C=C(C)C=CC=C2C1)CC(=O)OC. The fourth-order valence-corrected chi connectivity index (χ4v) is 4.71. The Hall–Kier alpha value is -4.22. The number of hydrogen-bond donors (Lipinski definition) is 0. The molecule has 0 amide bonds. The highest BCUT2D eigenvalue weighted by molar-refractivity contribution is 6.13. The average molecular weight is 575 g/mol. The lowest BCUT2D eigenvalue weighted by atomic mass is 9.88. The van der Waals surface area contributed by atoms with Crippen molar-refractivity contribution in [3.8, 4) is 6.07 Å². The maximum atomic E-state index is 15.7. The summed E-state index contributed by atoms with van der Waals surface area (Å²) in [7, 11) is 1.32. The van der Waals surface area contributed by atoms with Crippen LogP contribution in [0, 0.1) is 23.0 Å². The molecular weight excluding hydrogens is 538 g/mol. The van der Waals surface area contributed by atoms with Gasteiger partial charge in [-0.3, -0.25) is 9.59 Å². The summed E-state index contributed by atoms with van der Waals surface area (Å²) < 4.78 is 42.1. The lowest BCUT2D eigenvalue weighted by Gasteiger charge is -2.25. The lowest BCUT2D eigenvalue weighted by Crippen LogP contribution is -2.18. The molecular formula is C34H36F2N2O4. The van der Waals surface area contributed by atoms with Crippen molar-refractivity contribution >= 4 is 23.2 Å². The van der Waals surface area contributed by atoms with Crippen molar-refractivity contribution in [3.05, 3.63) is 100 Å². The maximum absolute atomic E-state index is 15.7. The first kappa shape index (κ1) is 32.3. The van der Waals surface area contributed by atoms with E-state index >= 15 is 8.78 Å². The number of fused-ring (bicyclic) bond motifs is 1. The minimum absolute atomic E-state index is 0.0824. The summed E-state index contributed by atoms with van der Waals surface area (Å²) in [4.78, 5) is 29.0. The molecule has 3 rings (SSSR count). The quantitative estimate of drug-likeness (QED) is 0.0983. The van der Waals surface area contributed by atoms with Gasteiger partial charge in [-0.25, -0.2) is 13.8 Å². The molecule has 1 heterocycles. The second kappa shape index (κ2) is 15.1. The van der Waals surface area contributed by atoms with E-state index in [1.807, 2.05) is 44.2 Å². The minimum Gasteiger partial charge on any atom is -0.469 e. The maximum Gasteiger partial charge on any atom is 0.309 e. The number of halogens is 2. The van der Waals surface area contributed by atoms with Crippen LogP contribution in [0.1, 0.15) is 74.7 Å². The Morgan fingerprint density at radius 2 is 1.90 bits per heavy atom. The molecule has 0 saturated carbocycles. The Kier molecular flexibility index (Phi) is 11.6. The molecule has 0 N–H and O–H groups in total. The van der Waals surface area contributed by atoms with Crippen molar-refractivity contribution in [2.24, 2.45) is 4.99 Å². The van der Waals surface area contributed by atoms with E-state index in [1.54, 1.807) is 0 Å². The Labute approximate surface area is 246 Å². The predicted molar refractivity (Wildman–Crippen MR) is 160 cm³/mol. The first-order valence-electron chi connectivity index (χ1n) is 13.9. The fraction of sp³-hybridized carbons (Fsp3) is 0.353. The van der Waals surface area contributed by atoms with Crippen molar-refractivity contribution in [2.75, 3.05) is 13.7 Å². The molecule has 0 bridgehead atoms. The molecule has 1 aliphatic carbocycles. The fourth-order valence-electron chi connectivity index (χ4n) is 4.71. The smallest absolute Gasteiger partial charge is 0.309 e. The van der Waals surface area contributed by atoms with Crippen LogP contribution in [0.25, 0.3) is 5.70 Å². The Morgan fingerprint density at radius 1 is 1.19 bits per heavy atom. The van der Waals surface area contributed by atoms with E-state index in [4.69, 9.17) is 15.0 Å². The minimum atomic E-state index is -0.906. The summed E-state index contributed by atoms with van der Waals surface area (Å²) in [6.07, 6.45) is 9.63. The van der Waals surface area contributed by atoms with Crippen LogP contribution in [0.15, 0.2) is 82.5 Å². The van der Waals surface area contributed by atoms with Crippen LogP contribution in [0.5, 0.6) is 0 Å². The number of Topliss-reactive ketones (excluding diaryl/α,β-unsaturated/α-hetero) is 1. The molecule has 0 saturated heterocycles. The predicted octanol–water partition coefficient (Wildman–Crippen LogP) is 7.70. The third-order valence-corrected chi connectivity index (χ3v) is 7.08. The number of carbonyl (C=O) groups excluding carboxylic acids is 2. The Morgan fingerprint density at radius 3 is 2.55 bits per heavy atom. The molecule has 2 aliphatic rings. The average Bonchev–Trinajstić information content (AvgIpc) is 3.14. The number of carbonyl (C=O) groups is 2. The van der Waals surface area contributed by atoms with E-state index in [9.17, 15) is 9.59 Å². The van der Waals surface area contributed by atoms with Gasteiger partial charge in [-0.05, 0) is 79.5 Å². The largest absolute Gasteiger partial charge is 0.469 e. The molecule has 1 aliphatic heterocycles. The number of allylic oxidation sites excluding steroid dienone is 7. The molecule has 220 valence electrons. The molecule has 8 heteroatoms. The number of ketones is 1. The number of rotatable bonds is 14. The number of hydrogen-bond acceptors (Lipinski definition) is 6. The lowest BCUT2D eigenvalue weighted by molar-refractivity contribution is -0.139. The van der Waals surface area contributed by atoms with Crippen LogP contribution in [-0.2, 0) is 14.3 Å². The second-order valence-corrected chi connectivity index (χ2v) is 10.3. The molecule has 6 nitrogen and oxygen atoms in total. The molecule has 0 aromatic heterocycles. The Bertz CT molecular complexity index is 1450. The summed E-state index contributed by atoms with van der Waals surface area (Å²) in [5, 5.41) is 8.79. The molecule has 42 heavy (non-hydrogen) atoms. The van der Waals surface area contributed by atoms with Gasteiger partial charge in [0.05, 0.1) is 49.3 Å². The zero-order valence-electron chi connectivity index (χ0n) is 24.4. The highest BCUT2D eigenvalue weighted by atomic mass is 19.1. The van der Waals surface area contributed by atoms with E-state index < -0.39 is 17.4 Å². The Balaban J connectivity index is 1.97. The van der Waals surface area contributed by atoms with Gasteiger partial charge in [0, 0.05) is 12.0 Å². The molecule has 0 fully saturated rings. The standard InChI is InChI=1S/C34H36F2N2O4/c1-6-27(42-14-12-22(3)16-31(39)41-5)18-25-17-24-11-7-9-21(2)15-30(24)38-33(25)32-28(35)19-26(20-29(32)36)34(40)23(4)10-8-13-37/h7,9,11,15,19-20,27H,3-4,6,8,10,12,14,16-18H2,1-2,5H3/t27-/m1/s1. The van der Waals surface area contributed by atoms with Crippen molar-refractivity contribution in [1.29, 1.82) is 5.26 Å². The highest BCUT2D eigenvalue weighted by Gasteiger charge is 2.27. The zero-order chi connectivity index (χ0) is 30.8. The van der Waals surface area contributed by atoms with Gasteiger partial charge in [0.15, 0.2) is 5.78 Å². The number of nitrogens with zero attached hydrogens (tertiary/aromatic N) is 2. The van der Waals surface area contributed by atoms with Crippen LogP contribution in [0.3, 0.4) is 0 Å². The monoisotopic (exact) mass is 574 g/mol. The van der Waals surface area contributed by atoms with Crippen molar-refractivity contribution in [3.63, 3.8) is 0 Å². The van der Waals surface area contributed by atoms with E-state index in [1.165, 1.54) is 7.11 Å². The number of benzene rings is 1. The number of nitriles is 1. The van der Waals surface area contributed by atoms with Crippen molar-refractivity contribution in [2.45, 2.75) is 64.9 Å². The van der Waals surface area contributed by atoms with Crippen molar-refractivity contribution in [1.82, 2.24) is 0 Å². The van der Waals surface area contributed by atoms with Gasteiger partial charge < -0.3 is 9.47 Å². The summed E-state index contributed by atoms with van der Waals surface area (Å²) in [5.41, 5.74) is 3.71. The third kappa shape index (κ3) is 8.40. The second-order valence-electron chi connectivity index (χ2n) is 10.3. The molecule has 1 aromatic carbocycles. The summed E-state index contributed by atoms with van der Waals surface area (Å²) >= 11 is 0. The molecule has 1 atom stereocenters. The van der Waals surface area contributed by atoms with Gasteiger partial charge in [0.2, 0.25) is 0 Å². The van der Waals surface area contributed by atoms with Gasteiger partial charge in [-0.2, -0.15) is 5.26 Å². The third-order valence-electron chi connectivity index (χ3n) is 7.08. The first-order chi connectivity index (χ1) is 20.1. The van der Waals surface area contributed by atoms with Gasteiger partial charge in [-0.1, -0.05) is 43.9 Å². The number of methoxy groups -OCH3 is 1. The topological polar surface area (TPSA) is 88.8 Å². The van der Waals surface area contributed by atoms with E-state index in [-0.39, 0.29) is 53.7 Å². The molecule has 0 unspecified atom stereocenters. The molecule has 1 aromatic rings. The van der Waals surface area contributed by atoms with E-state index in [0.29, 0.717) is 49.1 Å². The van der Waals surface area contributed by atoms with Crippen LogP contribution in [0.2, 0.25) is 0 Å². The van der Waals surface area contributed by atoms with Gasteiger partial charge in [0.25, 0.3) is 0 Å². The summed E-state index contributed by atoms with van der Waals surface area (Å²) in [5.74, 6) is -2.78. The van der Waals surface area contributed by atoms with E-state index in [2.05, 4.69) is 17.9 Å². The normalized spacial score (nSPS) is 15.0. The van der Waals surface area contributed by atoms with Gasteiger partial charge >= 0.3 is 5.97 Å². The zero-order valence-corrected chi connectivity index (χ0v) is 24.4. The van der Waals surface area contributed by atoms with Crippen LogP contribution in [0.4, 0.5) is 8.78 Å². The highest BCUT2D eigenvalue weighted by Crippen LogP contribution is 2.38. The molecule has 0 spiro atoms. The van der Waals surface area contributed by atoms with Crippen molar-refractivity contribution < 1.29 is 27.8 Å². The van der Waals surface area contributed by atoms with Gasteiger partial charge in [0.1, 0.15) is 11.6 Å². The van der Waals surface area contributed by atoms with Crippen LogP contribution < -0.4 is 0 Å². The number of ether oxygens (including phenoxy) is 2. The summed E-state index contributed by atoms with van der Waals surface area (Å²) in [6, 6.07) is 3.94. The van der Waals surface area contributed by atoms with Crippen LogP contribution >= 0.6 is 0 Å². The molecule has 0 radical (unpaired) electrons. The van der Waals surface area contributed by atoms with Crippen LogP contribution in [-0.4, -0.2) is 37.3 Å². The summed E-state index contributed by atoms with van der Waals surface area (Å²) in [6.45, 7) is 11.8. The number of esters is 1. The first-order valence-corrected chi connectivity index (χ1v) is 13.9. The number of aliphatic imine (C=N–C) groups is 1. The van der Waals surface area contributed by atoms with Gasteiger partial charge in [-0.15, -0.1) is 0 Å².